The van der Waals surface area contributed by atoms with Crippen LogP contribution in [0.5, 0.6) is 0 Å². The maximum atomic E-state index is 12.4. The van der Waals surface area contributed by atoms with Gasteiger partial charge >= 0.3 is 6.09 Å². The van der Waals surface area contributed by atoms with Gasteiger partial charge in [-0.2, -0.15) is 5.10 Å². The zero-order chi connectivity index (χ0) is 24.5. The molecule has 0 aromatic carbocycles. The molecule has 1 N–H and O–H groups in total. The van der Waals surface area contributed by atoms with Crippen molar-refractivity contribution < 1.29 is 19.0 Å². The van der Waals surface area contributed by atoms with Gasteiger partial charge in [0.15, 0.2) is 6.10 Å². The SMILES string of the molecule is CO[C@]1(C2C=CC(c3cc4c(N5CCN(C(=O)OC6COC6)CC5)ccnn4c3)=CC2)CCCNC1. The van der Waals surface area contributed by atoms with Gasteiger partial charge in [-0.3, -0.25) is 0 Å². The first-order valence-electron chi connectivity index (χ1n) is 13.1. The van der Waals surface area contributed by atoms with Gasteiger partial charge in [0.2, 0.25) is 0 Å². The third kappa shape index (κ3) is 4.40. The number of hydrogen-bond donors (Lipinski definition) is 1. The predicted molar refractivity (Wildman–Crippen MR) is 137 cm³/mol. The van der Waals surface area contributed by atoms with E-state index in [1.54, 1.807) is 4.90 Å². The molecule has 0 spiro atoms. The Morgan fingerprint density at radius 2 is 2.11 bits per heavy atom. The van der Waals surface area contributed by atoms with Crippen molar-refractivity contribution in [2.45, 2.75) is 31.0 Å². The van der Waals surface area contributed by atoms with Crippen molar-refractivity contribution in [3.05, 3.63) is 48.3 Å². The third-order valence-corrected chi connectivity index (χ3v) is 8.13. The summed E-state index contributed by atoms with van der Waals surface area (Å²) in [6, 6.07) is 4.29. The number of piperidine rings is 1. The molecule has 2 aromatic heterocycles. The van der Waals surface area contributed by atoms with E-state index in [1.165, 1.54) is 11.1 Å². The molecule has 6 rings (SSSR count). The van der Waals surface area contributed by atoms with Crippen LogP contribution in [0.25, 0.3) is 11.1 Å². The van der Waals surface area contributed by atoms with Crippen molar-refractivity contribution in [1.29, 1.82) is 0 Å². The Hall–Kier alpha value is -2.88. The molecule has 3 saturated heterocycles. The van der Waals surface area contributed by atoms with Crippen molar-refractivity contribution in [2.75, 3.05) is 64.5 Å². The van der Waals surface area contributed by atoms with Gasteiger partial charge in [-0.1, -0.05) is 18.2 Å². The number of nitrogens with one attached hydrogen (secondary N) is 1. The molecule has 4 aliphatic rings. The molecule has 2 aromatic rings. The standard InChI is InChI=1S/C27H35N5O4/c1-34-27(8-2-9-28-19-27)22-5-3-20(4-6-22)21-15-25-24(7-10-29-32(25)16-21)30-11-13-31(14-12-30)26(33)36-23-17-35-18-23/h3-5,7,10,15-16,22-23,28H,2,6,8-9,11-14,17-19H2,1H3/t22?,27-/m1/s1. The van der Waals surface area contributed by atoms with Gasteiger partial charge < -0.3 is 29.3 Å². The number of fused-ring (bicyclic) bond motifs is 1. The number of aromatic nitrogens is 2. The molecule has 2 atom stereocenters. The Bertz CT molecular complexity index is 1160. The number of nitrogens with zero attached hydrogens (tertiary/aromatic N) is 4. The lowest BCUT2D eigenvalue weighted by Crippen LogP contribution is -2.51. The maximum Gasteiger partial charge on any atom is 0.410 e. The lowest BCUT2D eigenvalue weighted by atomic mass is 9.76. The zero-order valence-corrected chi connectivity index (χ0v) is 20.9. The van der Waals surface area contributed by atoms with E-state index in [1.807, 2.05) is 17.8 Å². The second-order valence-electron chi connectivity index (χ2n) is 10.2. The summed E-state index contributed by atoms with van der Waals surface area (Å²) in [6.45, 7) is 5.79. The molecule has 0 saturated carbocycles. The molecule has 1 amide bonds. The number of piperazine rings is 1. The largest absolute Gasteiger partial charge is 0.441 e. The first-order chi connectivity index (χ1) is 17.6. The van der Waals surface area contributed by atoms with E-state index in [-0.39, 0.29) is 17.8 Å². The number of amides is 1. The van der Waals surface area contributed by atoms with Crippen LogP contribution < -0.4 is 10.2 Å². The van der Waals surface area contributed by atoms with Crippen molar-refractivity contribution in [2.24, 2.45) is 5.92 Å². The molecule has 9 heteroatoms. The fourth-order valence-electron chi connectivity index (χ4n) is 5.82. The van der Waals surface area contributed by atoms with E-state index in [0.29, 0.717) is 32.2 Å². The maximum absolute atomic E-state index is 12.4. The van der Waals surface area contributed by atoms with Gasteiger partial charge in [-0.05, 0) is 43.5 Å². The normalized spacial score (nSPS) is 27.1. The summed E-state index contributed by atoms with van der Waals surface area (Å²) in [4.78, 5) is 16.5. The van der Waals surface area contributed by atoms with Gasteiger partial charge in [0.25, 0.3) is 0 Å². The molecule has 192 valence electrons. The first-order valence-corrected chi connectivity index (χ1v) is 13.1. The van der Waals surface area contributed by atoms with E-state index in [9.17, 15) is 4.79 Å². The summed E-state index contributed by atoms with van der Waals surface area (Å²) in [6.07, 6.45) is 13.8. The summed E-state index contributed by atoms with van der Waals surface area (Å²) < 4.78 is 18.6. The van der Waals surface area contributed by atoms with Crippen LogP contribution in [-0.2, 0) is 14.2 Å². The lowest BCUT2D eigenvalue weighted by molar-refractivity contribution is -0.104. The van der Waals surface area contributed by atoms with Crippen molar-refractivity contribution in [3.63, 3.8) is 0 Å². The Kier molecular flexibility index (Phi) is 6.45. The predicted octanol–water partition coefficient (Wildman–Crippen LogP) is 2.72. The molecule has 3 aliphatic heterocycles. The third-order valence-electron chi connectivity index (χ3n) is 8.13. The quantitative estimate of drug-likeness (QED) is 0.686. The molecule has 5 heterocycles. The highest BCUT2D eigenvalue weighted by molar-refractivity contribution is 5.82. The van der Waals surface area contributed by atoms with E-state index >= 15 is 0 Å². The summed E-state index contributed by atoms with van der Waals surface area (Å²) in [5.41, 5.74) is 4.50. The van der Waals surface area contributed by atoms with Crippen LogP contribution in [-0.4, -0.2) is 91.9 Å². The molecule has 3 fully saturated rings. The summed E-state index contributed by atoms with van der Waals surface area (Å²) in [5, 5.41) is 8.09. The van der Waals surface area contributed by atoms with Crippen LogP contribution in [0, 0.1) is 5.92 Å². The lowest BCUT2D eigenvalue weighted by Gasteiger charge is -2.42. The van der Waals surface area contributed by atoms with Crippen LogP contribution in [0.3, 0.4) is 0 Å². The monoisotopic (exact) mass is 493 g/mol. The Morgan fingerprint density at radius 1 is 1.25 bits per heavy atom. The highest BCUT2D eigenvalue weighted by Gasteiger charge is 2.39. The van der Waals surface area contributed by atoms with Gasteiger partial charge in [-0.25, -0.2) is 9.31 Å². The van der Waals surface area contributed by atoms with E-state index in [2.05, 4.69) is 51.9 Å². The summed E-state index contributed by atoms with van der Waals surface area (Å²) >= 11 is 0. The molecular formula is C27H35N5O4. The Balaban J connectivity index is 1.14. The number of ether oxygens (including phenoxy) is 3. The Morgan fingerprint density at radius 3 is 2.78 bits per heavy atom. The van der Waals surface area contributed by atoms with Gasteiger partial charge in [-0.15, -0.1) is 0 Å². The van der Waals surface area contributed by atoms with Crippen LogP contribution in [0.15, 0.2) is 42.8 Å². The topological polar surface area (TPSA) is 80.6 Å². The minimum Gasteiger partial charge on any atom is -0.441 e. The van der Waals surface area contributed by atoms with Crippen molar-refractivity contribution >= 4 is 22.9 Å². The second-order valence-corrected chi connectivity index (χ2v) is 10.2. The van der Waals surface area contributed by atoms with Crippen LogP contribution >= 0.6 is 0 Å². The summed E-state index contributed by atoms with van der Waals surface area (Å²) in [5.74, 6) is 0.379. The number of methoxy groups -OCH3 is 1. The fraction of sp³-hybridized carbons (Fsp3) is 0.556. The highest BCUT2D eigenvalue weighted by atomic mass is 16.6. The number of carbonyl (C=O) groups is 1. The van der Waals surface area contributed by atoms with Gasteiger partial charge in [0, 0.05) is 63.7 Å². The molecule has 1 unspecified atom stereocenters. The summed E-state index contributed by atoms with van der Waals surface area (Å²) in [7, 11) is 1.85. The number of hydrogen-bond acceptors (Lipinski definition) is 7. The zero-order valence-electron chi connectivity index (χ0n) is 20.9. The van der Waals surface area contributed by atoms with Crippen molar-refractivity contribution in [1.82, 2.24) is 19.8 Å². The van der Waals surface area contributed by atoms with Crippen molar-refractivity contribution in [3.8, 4) is 0 Å². The van der Waals surface area contributed by atoms with Crippen LogP contribution in [0.4, 0.5) is 10.5 Å². The molecule has 1 aliphatic carbocycles. The van der Waals surface area contributed by atoms with E-state index < -0.39 is 0 Å². The minimum absolute atomic E-state index is 0.0905. The number of carbonyl (C=O) groups excluding carboxylic acids is 1. The first kappa shape index (κ1) is 23.5. The average molecular weight is 494 g/mol. The second kappa shape index (κ2) is 9.88. The molecule has 9 nitrogen and oxygen atoms in total. The number of rotatable bonds is 5. The smallest absolute Gasteiger partial charge is 0.410 e. The molecule has 0 radical (unpaired) electrons. The fourth-order valence-corrected chi connectivity index (χ4v) is 5.82. The van der Waals surface area contributed by atoms with Gasteiger partial charge in [0.05, 0.1) is 30.0 Å². The van der Waals surface area contributed by atoms with E-state index in [0.717, 1.165) is 56.6 Å². The molecule has 0 bridgehead atoms. The Labute approximate surface area is 211 Å². The average Bonchev–Trinajstić information content (AvgIpc) is 3.36. The minimum atomic E-state index is -0.235. The van der Waals surface area contributed by atoms with Crippen LogP contribution in [0.1, 0.15) is 24.8 Å². The highest BCUT2D eigenvalue weighted by Crippen LogP contribution is 2.37. The molecule has 36 heavy (non-hydrogen) atoms. The van der Waals surface area contributed by atoms with Crippen LogP contribution in [0.2, 0.25) is 0 Å². The number of anilines is 1. The van der Waals surface area contributed by atoms with Gasteiger partial charge in [0.1, 0.15) is 0 Å². The van der Waals surface area contributed by atoms with E-state index in [4.69, 9.17) is 14.2 Å². The number of allylic oxidation sites excluding steroid dienone is 3. The molecular weight excluding hydrogens is 458 g/mol.